The SMILES string of the molecule is Cc1ccc(-c2nn3c(-c4ccc(C(F)(F)F)cc4)nnc3s2)c(C)c1. The van der Waals surface area contributed by atoms with Gasteiger partial charge in [0.2, 0.25) is 4.96 Å². The standard InChI is InChI=1S/C18H13F3N4S/c1-10-3-8-14(11(2)9-10)16-24-25-15(22-23-17(25)26-16)12-4-6-13(7-5-12)18(19,20)21/h3-9H,1-2H3. The number of hydrogen-bond acceptors (Lipinski definition) is 4. The van der Waals surface area contributed by atoms with E-state index in [0.29, 0.717) is 16.3 Å². The van der Waals surface area contributed by atoms with Gasteiger partial charge < -0.3 is 0 Å². The van der Waals surface area contributed by atoms with Gasteiger partial charge in [-0.3, -0.25) is 0 Å². The number of benzene rings is 2. The molecule has 0 atom stereocenters. The van der Waals surface area contributed by atoms with Crippen molar-refractivity contribution in [2.24, 2.45) is 0 Å². The van der Waals surface area contributed by atoms with E-state index < -0.39 is 11.7 Å². The van der Waals surface area contributed by atoms with Crippen LogP contribution in [0.15, 0.2) is 42.5 Å². The summed E-state index contributed by atoms with van der Waals surface area (Å²) >= 11 is 1.39. The smallest absolute Gasteiger partial charge is 0.182 e. The summed E-state index contributed by atoms with van der Waals surface area (Å²) < 4.78 is 39.8. The Morgan fingerprint density at radius 2 is 1.69 bits per heavy atom. The Morgan fingerprint density at radius 1 is 0.962 bits per heavy atom. The lowest BCUT2D eigenvalue weighted by Gasteiger charge is -2.06. The lowest BCUT2D eigenvalue weighted by Crippen LogP contribution is -2.04. The van der Waals surface area contributed by atoms with Crippen LogP contribution >= 0.6 is 11.3 Å². The van der Waals surface area contributed by atoms with Gasteiger partial charge in [0.25, 0.3) is 0 Å². The molecule has 0 amide bonds. The monoisotopic (exact) mass is 374 g/mol. The normalized spacial score (nSPS) is 12.0. The van der Waals surface area contributed by atoms with E-state index in [0.717, 1.165) is 28.3 Å². The predicted molar refractivity (Wildman–Crippen MR) is 94.0 cm³/mol. The molecule has 0 bridgehead atoms. The van der Waals surface area contributed by atoms with Gasteiger partial charge in [-0.25, -0.2) is 0 Å². The lowest BCUT2D eigenvalue weighted by atomic mass is 10.1. The topological polar surface area (TPSA) is 43.1 Å². The number of aryl methyl sites for hydroxylation is 2. The summed E-state index contributed by atoms with van der Waals surface area (Å²) in [7, 11) is 0. The third-order valence-electron chi connectivity index (χ3n) is 4.07. The molecule has 0 unspecified atom stereocenters. The lowest BCUT2D eigenvalue weighted by molar-refractivity contribution is -0.137. The number of aromatic nitrogens is 4. The van der Waals surface area contributed by atoms with Gasteiger partial charge in [0.05, 0.1) is 5.56 Å². The summed E-state index contributed by atoms with van der Waals surface area (Å²) in [5.41, 5.74) is 3.11. The van der Waals surface area contributed by atoms with Crippen molar-refractivity contribution in [3.8, 4) is 22.0 Å². The largest absolute Gasteiger partial charge is 0.416 e. The summed E-state index contributed by atoms with van der Waals surface area (Å²) in [4.78, 5) is 0.592. The highest BCUT2D eigenvalue weighted by Crippen LogP contribution is 2.32. The molecule has 0 aliphatic rings. The molecular weight excluding hydrogens is 361 g/mol. The Morgan fingerprint density at radius 3 is 2.35 bits per heavy atom. The van der Waals surface area contributed by atoms with Crippen LogP contribution in [0, 0.1) is 13.8 Å². The van der Waals surface area contributed by atoms with Crippen LogP contribution in [0.2, 0.25) is 0 Å². The van der Waals surface area contributed by atoms with Crippen molar-refractivity contribution in [2.75, 3.05) is 0 Å². The average Bonchev–Trinajstić information content (AvgIpc) is 3.14. The van der Waals surface area contributed by atoms with E-state index in [-0.39, 0.29) is 0 Å². The number of alkyl halides is 3. The number of rotatable bonds is 2. The van der Waals surface area contributed by atoms with E-state index in [1.807, 2.05) is 26.0 Å². The molecule has 2 heterocycles. The summed E-state index contributed by atoms with van der Waals surface area (Å²) in [6.45, 7) is 4.04. The Kier molecular flexibility index (Phi) is 3.80. The van der Waals surface area contributed by atoms with Gasteiger partial charge in [-0.1, -0.05) is 47.2 Å². The van der Waals surface area contributed by atoms with Crippen LogP contribution in [0.4, 0.5) is 13.2 Å². The third kappa shape index (κ3) is 2.86. The number of hydrogen-bond donors (Lipinski definition) is 0. The molecule has 0 saturated carbocycles. The minimum Gasteiger partial charge on any atom is -0.182 e. The maximum atomic E-state index is 12.7. The molecule has 2 aromatic heterocycles. The van der Waals surface area contributed by atoms with E-state index in [1.165, 1.54) is 29.0 Å². The van der Waals surface area contributed by atoms with Crippen LogP contribution < -0.4 is 0 Å². The van der Waals surface area contributed by atoms with Gasteiger partial charge in [-0.15, -0.1) is 10.2 Å². The second-order valence-electron chi connectivity index (χ2n) is 6.02. The van der Waals surface area contributed by atoms with Crippen LogP contribution in [0.25, 0.3) is 26.9 Å². The van der Waals surface area contributed by atoms with E-state index in [4.69, 9.17) is 0 Å². The first-order chi connectivity index (χ1) is 12.3. The highest BCUT2D eigenvalue weighted by molar-refractivity contribution is 7.19. The van der Waals surface area contributed by atoms with E-state index in [9.17, 15) is 13.2 Å². The third-order valence-corrected chi connectivity index (χ3v) is 5.01. The van der Waals surface area contributed by atoms with Crippen molar-refractivity contribution in [1.82, 2.24) is 19.8 Å². The van der Waals surface area contributed by atoms with Gasteiger partial charge >= 0.3 is 6.18 Å². The van der Waals surface area contributed by atoms with E-state index >= 15 is 0 Å². The first-order valence-electron chi connectivity index (χ1n) is 7.80. The molecule has 0 aliphatic carbocycles. The van der Waals surface area contributed by atoms with Crippen LogP contribution in [-0.2, 0) is 6.18 Å². The van der Waals surface area contributed by atoms with Crippen molar-refractivity contribution < 1.29 is 13.2 Å². The Labute approximate surface area is 150 Å². The number of fused-ring (bicyclic) bond motifs is 1. The molecule has 0 saturated heterocycles. The maximum Gasteiger partial charge on any atom is 0.416 e. The fraction of sp³-hybridized carbons (Fsp3) is 0.167. The van der Waals surface area contributed by atoms with Crippen molar-refractivity contribution in [3.63, 3.8) is 0 Å². The Balaban J connectivity index is 1.77. The van der Waals surface area contributed by atoms with Gasteiger partial charge in [0, 0.05) is 11.1 Å². The molecular formula is C18H13F3N4S. The fourth-order valence-corrected chi connectivity index (χ4v) is 3.70. The quantitative estimate of drug-likeness (QED) is 0.487. The minimum atomic E-state index is -4.37. The maximum absolute atomic E-state index is 12.7. The molecule has 0 spiro atoms. The molecule has 132 valence electrons. The first-order valence-corrected chi connectivity index (χ1v) is 8.62. The summed E-state index contributed by atoms with van der Waals surface area (Å²) in [5.74, 6) is 0.418. The number of nitrogens with zero attached hydrogens (tertiary/aromatic N) is 4. The Bertz CT molecular complexity index is 1090. The van der Waals surface area contributed by atoms with Gasteiger partial charge in [0.15, 0.2) is 5.82 Å². The molecule has 8 heteroatoms. The number of halogens is 3. The predicted octanol–water partition coefficient (Wildman–Crippen LogP) is 5.16. The van der Waals surface area contributed by atoms with Crippen molar-refractivity contribution in [1.29, 1.82) is 0 Å². The zero-order valence-electron chi connectivity index (χ0n) is 13.9. The van der Waals surface area contributed by atoms with Crippen LogP contribution in [0.1, 0.15) is 16.7 Å². The fourth-order valence-electron chi connectivity index (χ4n) is 2.77. The zero-order valence-corrected chi connectivity index (χ0v) is 14.7. The molecule has 0 N–H and O–H groups in total. The van der Waals surface area contributed by atoms with Crippen LogP contribution in [-0.4, -0.2) is 19.8 Å². The van der Waals surface area contributed by atoms with Crippen molar-refractivity contribution >= 4 is 16.3 Å². The second-order valence-corrected chi connectivity index (χ2v) is 6.97. The van der Waals surface area contributed by atoms with Crippen LogP contribution in [0.5, 0.6) is 0 Å². The molecule has 2 aromatic carbocycles. The molecule has 0 fully saturated rings. The van der Waals surface area contributed by atoms with Crippen molar-refractivity contribution in [2.45, 2.75) is 20.0 Å². The summed E-state index contributed by atoms with van der Waals surface area (Å²) in [6, 6.07) is 10.9. The second kappa shape index (κ2) is 5.91. The zero-order chi connectivity index (χ0) is 18.5. The first kappa shape index (κ1) is 16.7. The summed E-state index contributed by atoms with van der Waals surface area (Å²) in [6.07, 6.45) is -4.37. The van der Waals surface area contributed by atoms with E-state index in [1.54, 1.807) is 4.52 Å². The molecule has 4 rings (SSSR count). The van der Waals surface area contributed by atoms with Crippen molar-refractivity contribution in [3.05, 3.63) is 59.2 Å². The minimum absolute atomic E-state index is 0.418. The highest BCUT2D eigenvalue weighted by Gasteiger charge is 2.30. The van der Waals surface area contributed by atoms with Gasteiger partial charge in [0.1, 0.15) is 5.01 Å². The average molecular weight is 374 g/mol. The van der Waals surface area contributed by atoms with Gasteiger partial charge in [-0.05, 0) is 31.5 Å². The van der Waals surface area contributed by atoms with Gasteiger partial charge in [-0.2, -0.15) is 22.8 Å². The molecule has 4 nitrogen and oxygen atoms in total. The molecule has 26 heavy (non-hydrogen) atoms. The Hall–Kier alpha value is -2.74. The summed E-state index contributed by atoms with van der Waals surface area (Å²) in [5, 5.41) is 13.5. The molecule has 0 radical (unpaired) electrons. The molecule has 4 aromatic rings. The molecule has 0 aliphatic heterocycles. The van der Waals surface area contributed by atoms with E-state index in [2.05, 4.69) is 21.4 Å². The van der Waals surface area contributed by atoms with Crippen LogP contribution in [0.3, 0.4) is 0 Å². The highest BCUT2D eigenvalue weighted by atomic mass is 32.1.